The number of rotatable bonds is 2. The molecule has 0 bridgehead atoms. The first-order chi connectivity index (χ1) is 10.8. The predicted octanol–water partition coefficient (Wildman–Crippen LogP) is 3.44. The number of nitrogens with zero attached hydrogens (tertiary/aromatic N) is 2. The van der Waals surface area contributed by atoms with Crippen LogP contribution in [-0.2, 0) is 0 Å². The number of aromatic hydroxyl groups is 2. The summed E-state index contributed by atoms with van der Waals surface area (Å²) in [7, 11) is 0. The standard InChI is InChI=1S/C18H19N3O2/c1-9-15(10-4-5-13(22)14(23)6-10)11(8-19)17(20)21-16(9)12-7-18(12,2)3/h4-6,12,22-23H,7H2,1-3H3,(H2,20,21)/t12-/m0/s1. The van der Waals surface area contributed by atoms with Gasteiger partial charge in [-0.1, -0.05) is 19.9 Å². The van der Waals surface area contributed by atoms with Crippen LogP contribution in [0.2, 0.25) is 0 Å². The van der Waals surface area contributed by atoms with Crippen molar-refractivity contribution in [1.29, 1.82) is 5.26 Å². The van der Waals surface area contributed by atoms with Crippen molar-refractivity contribution in [2.45, 2.75) is 33.1 Å². The second kappa shape index (κ2) is 4.88. The zero-order valence-corrected chi connectivity index (χ0v) is 13.4. The third-order valence-corrected chi connectivity index (χ3v) is 4.73. The number of phenolic OH excluding ortho intramolecular Hbond substituents is 2. The molecule has 2 aromatic rings. The van der Waals surface area contributed by atoms with Gasteiger partial charge in [-0.3, -0.25) is 0 Å². The summed E-state index contributed by atoms with van der Waals surface area (Å²) in [4.78, 5) is 4.47. The lowest BCUT2D eigenvalue weighted by Crippen LogP contribution is -2.06. The lowest BCUT2D eigenvalue weighted by Gasteiger charge is -2.16. The van der Waals surface area contributed by atoms with Crippen LogP contribution in [0.1, 0.15) is 43.0 Å². The Balaban J connectivity index is 2.26. The van der Waals surface area contributed by atoms with Crippen LogP contribution in [0, 0.1) is 23.7 Å². The maximum atomic E-state index is 9.78. The van der Waals surface area contributed by atoms with Crippen LogP contribution in [0.25, 0.3) is 11.1 Å². The van der Waals surface area contributed by atoms with Crippen molar-refractivity contribution in [1.82, 2.24) is 4.98 Å². The van der Waals surface area contributed by atoms with Crippen LogP contribution in [0.5, 0.6) is 11.5 Å². The van der Waals surface area contributed by atoms with Gasteiger partial charge in [0.05, 0.1) is 5.69 Å². The summed E-state index contributed by atoms with van der Waals surface area (Å²) >= 11 is 0. The number of nitrogen functional groups attached to an aromatic ring is 1. The second-order valence-electron chi connectivity index (χ2n) is 6.82. The van der Waals surface area contributed by atoms with Crippen molar-refractivity contribution in [3.8, 4) is 28.7 Å². The van der Waals surface area contributed by atoms with Gasteiger partial charge in [0.25, 0.3) is 0 Å². The molecule has 4 N–H and O–H groups in total. The van der Waals surface area contributed by atoms with Crippen LogP contribution in [-0.4, -0.2) is 15.2 Å². The van der Waals surface area contributed by atoms with Crippen molar-refractivity contribution in [3.63, 3.8) is 0 Å². The van der Waals surface area contributed by atoms with Crippen molar-refractivity contribution in [2.75, 3.05) is 5.73 Å². The van der Waals surface area contributed by atoms with Crippen molar-refractivity contribution >= 4 is 5.82 Å². The number of aromatic nitrogens is 1. The first-order valence-corrected chi connectivity index (χ1v) is 7.48. The zero-order chi connectivity index (χ0) is 16.9. The summed E-state index contributed by atoms with van der Waals surface area (Å²) in [5, 5.41) is 28.8. The van der Waals surface area contributed by atoms with Gasteiger partial charge >= 0.3 is 0 Å². The minimum atomic E-state index is -0.227. The topological polar surface area (TPSA) is 103 Å². The molecule has 0 radical (unpaired) electrons. The van der Waals surface area contributed by atoms with Crippen molar-refractivity contribution in [2.24, 2.45) is 5.41 Å². The number of nitrogens with two attached hydrogens (primary N) is 1. The normalized spacial score (nSPS) is 18.4. The average Bonchev–Trinajstić information content (AvgIpc) is 3.12. The van der Waals surface area contributed by atoms with Crippen molar-refractivity contribution in [3.05, 3.63) is 35.0 Å². The van der Waals surface area contributed by atoms with Crippen LogP contribution < -0.4 is 5.73 Å². The molecule has 5 heteroatoms. The summed E-state index contributed by atoms with van der Waals surface area (Å²) in [6.07, 6.45) is 1.03. The van der Waals surface area contributed by atoms with Gasteiger partial charge in [0.1, 0.15) is 17.5 Å². The van der Waals surface area contributed by atoms with E-state index < -0.39 is 0 Å². The van der Waals surface area contributed by atoms with Gasteiger partial charge in [-0.2, -0.15) is 5.26 Å². The Hall–Kier alpha value is -2.74. The van der Waals surface area contributed by atoms with E-state index >= 15 is 0 Å². The molecule has 1 fully saturated rings. The second-order valence-corrected chi connectivity index (χ2v) is 6.82. The highest BCUT2D eigenvalue weighted by atomic mass is 16.3. The Labute approximate surface area is 135 Å². The molecule has 1 heterocycles. The number of phenols is 2. The van der Waals surface area contributed by atoms with Gasteiger partial charge in [-0.05, 0) is 42.0 Å². The highest BCUT2D eigenvalue weighted by Crippen LogP contribution is 2.59. The van der Waals surface area contributed by atoms with E-state index in [1.807, 2.05) is 6.92 Å². The van der Waals surface area contributed by atoms with Gasteiger partial charge in [0.15, 0.2) is 11.5 Å². The molecule has 1 aromatic heterocycles. The van der Waals surface area contributed by atoms with Gasteiger partial charge in [-0.25, -0.2) is 4.98 Å². The summed E-state index contributed by atoms with van der Waals surface area (Å²) in [6.45, 7) is 6.29. The lowest BCUT2D eigenvalue weighted by atomic mass is 9.92. The van der Waals surface area contributed by atoms with Gasteiger partial charge in [0, 0.05) is 11.5 Å². The number of benzene rings is 1. The zero-order valence-electron chi connectivity index (χ0n) is 13.4. The Morgan fingerprint density at radius 2 is 1.96 bits per heavy atom. The molecule has 0 spiro atoms. The van der Waals surface area contributed by atoms with Gasteiger partial charge in [0.2, 0.25) is 0 Å². The third-order valence-electron chi connectivity index (χ3n) is 4.73. The fourth-order valence-electron chi connectivity index (χ4n) is 3.14. The fraction of sp³-hybridized carbons (Fsp3) is 0.333. The number of anilines is 1. The Kier molecular flexibility index (Phi) is 3.22. The summed E-state index contributed by atoms with van der Waals surface area (Å²) in [6, 6.07) is 6.63. The van der Waals surface area contributed by atoms with Crippen LogP contribution in [0.15, 0.2) is 18.2 Å². The first kappa shape index (κ1) is 15.2. The molecule has 5 nitrogen and oxygen atoms in total. The quantitative estimate of drug-likeness (QED) is 0.737. The third kappa shape index (κ3) is 2.36. The highest BCUT2D eigenvalue weighted by Gasteiger charge is 2.48. The predicted molar refractivity (Wildman–Crippen MR) is 88.0 cm³/mol. The molecule has 0 amide bonds. The molecule has 1 aromatic carbocycles. The molecule has 3 rings (SSSR count). The van der Waals surface area contributed by atoms with E-state index in [0.717, 1.165) is 17.7 Å². The molecule has 0 unspecified atom stereocenters. The Bertz CT molecular complexity index is 850. The molecular formula is C18H19N3O2. The van der Waals surface area contributed by atoms with E-state index in [0.29, 0.717) is 22.6 Å². The SMILES string of the molecule is Cc1c([C@@H]2CC2(C)C)nc(N)c(C#N)c1-c1ccc(O)c(O)c1. The van der Waals surface area contributed by atoms with Crippen molar-refractivity contribution < 1.29 is 10.2 Å². The molecule has 1 atom stereocenters. The van der Waals surface area contributed by atoms with E-state index in [1.54, 1.807) is 6.07 Å². The van der Waals surface area contributed by atoms with Gasteiger partial charge in [-0.15, -0.1) is 0 Å². The summed E-state index contributed by atoms with van der Waals surface area (Å²) in [5.41, 5.74) is 9.63. The summed E-state index contributed by atoms with van der Waals surface area (Å²) < 4.78 is 0. The van der Waals surface area contributed by atoms with Crippen LogP contribution in [0.3, 0.4) is 0 Å². The number of hydrogen-bond donors (Lipinski definition) is 3. The molecule has 0 saturated heterocycles. The highest BCUT2D eigenvalue weighted by molar-refractivity contribution is 5.80. The Morgan fingerprint density at radius 1 is 1.30 bits per heavy atom. The molecule has 1 saturated carbocycles. The fourth-order valence-corrected chi connectivity index (χ4v) is 3.14. The van der Waals surface area contributed by atoms with Crippen LogP contribution in [0.4, 0.5) is 5.82 Å². The van der Waals surface area contributed by atoms with E-state index in [1.165, 1.54) is 12.1 Å². The smallest absolute Gasteiger partial charge is 0.158 e. The largest absolute Gasteiger partial charge is 0.504 e. The van der Waals surface area contributed by atoms with Gasteiger partial charge < -0.3 is 15.9 Å². The lowest BCUT2D eigenvalue weighted by molar-refractivity contribution is 0.404. The summed E-state index contributed by atoms with van der Waals surface area (Å²) in [5.74, 6) is 0.102. The van der Waals surface area contributed by atoms with E-state index in [9.17, 15) is 15.5 Å². The van der Waals surface area contributed by atoms with E-state index in [-0.39, 0.29) is 22.7 Å². The molecule has 1 aliphatic carbocycles. The minimum absolute atomic E-state index is 0.187. The number of nitriles is 1. The maximum absolute atomic E-state index is 9.78. The average molecular weight is 309 g/mol. The van der Waals surface area contributed by atoms with Crippen LogP contribution >= 0.6 is 0 Å². The molecular weight excluding hydrogens is 290 g/mol. The maximum Gasteiger partial charge on any atom is 0.158 e. The monoisotopic (exact) mass is 309 g/mol. The first-order valence-electron chi connectivity index (χ1n) is 7.48. The molecule has 0 aliphatic heterocycles. The minimum Gasteiger partial charge on any atom is -0.504 e. The molecule has 1 aliphatic rings. The molecule has 23 heavy (non-hydrogen) atoms. The number of pyridine rings is 1. The van der Waals surface area contributed by atoms with E-state index in [4.69, 9.17) is 5.73 Å². The Morgan fingerprint density at radius 3 is 2.48 bits per heavy atom. The number of hydrogen-bond acceptors (Lipinski definition) is 5. The van der Waals surface area contributed by atoms with E-state index in [2.05, 4.69) is 24.9 Å². The molecule has 118 valence electrons.